The minimum absolute atomic E-state index is 0.0821. The fourth-order valence-electron chi connectivity index (χ4n) is 2.95. The van der Waals surface area contributed by atoms with Crippen LogP contribution in [0.15, 0.2) is 54.6 Å². The molecule has 1 heterocycles. The van der Waals surface area contributed by atoms with Crippen molar-refractivity contribution in [1.82, 2.24) is 20.6 Å². The number of amides is 1. The zero-order chi connectivity index (χ0) is 23.6. The van der Waals surface area contributed by atoms with Crippen molar-refractivity contribution in [2.45, 2.75) is 25.8 Å². The van der Waals surface area contributed by atoms with Crippen molar-refractivity contribution < 1.29 is 24.1 Å². The van der Waals surface area contributed by atoms with Crippen molar-refractivity contribution in [1.29, 1.82) is 0 Å². The highest BCUT2D eigenvalue weighted by atomic mass is 35.5. The Morgan fingerprint density at radius 3 is 2.48 bits per heavy atom. The van der Waals surface area contributed by atoms with Crippen LogP contribution in [0.2, 0.25) is 0 Å². The van der Waals surface area contributed by atoms with Gasteiger partial charge in [0.25, 0.3) is 11.8 Å². The molecule has 3 aromatic rings. The van der Waals surface area contributed by atoms with Gasteiger partial charge in [0.15, 0.2) is 5.69 Å². The Morgan fingerprint density at radius 1 is 1.06 bits per heavy atom. The summed E-state index contributed by atoms with van der Waals surface area (Å²) in [5.74, 6) is -2.11. The van der Waals surface area contributed by atoms with Crippen LogP contribution in [0.25, 0.3) is 0 Å². The van der Waals surface area contributed by atoms with Crippen LogP contribution < -0.4 is 10.6 Å². The van der Waals surface area contributed by atoms with Crippen LogP contribution in [0, 0.1) is 5.82 Å². The van der Waals surface area contributed by atoms with Crippen LogP contribution in [0.4, 0.5) is 4.39 Å². The van der Waals surface area contributed by atoms with Gasteiger partial charge < -0.3 is 20.3 Å². The molecule has 0 aliphatic carbocycles. The van der Waals surface area contributed by atoms with E-state index in [4.69, 9.17) is 16.3 Å². The van der Waals surface area contributed by atoms with Crippen molar-refractivity contribution in [3.8, 4) is 11.6 Å². The van der Waals surface area contributed by atoms with Gasteiger partial charge in [0.2, 0.25) is 5.75 Å². The highest BCUT2D eigenvalue weighted by molar-refractivity contribution is 6.18. The predicted molar refractivity (Wildman–Crippen MR) is 120 cm³/mol. The highest BCUT2D eigenvalue weighted by Crippen LogP contribution is 2.25. The second-order valence-electron chi connectivity index (χ2n) is 7.10. The van der Waals surface area contributed by atoms with Gasteiger partial charge in [-0.15, -0.1) is 11.6 Å². The van der Waals surface area contributed by atoms with E-state index in [1.54, 1.807) is 0 Å². The molecule has 33 heavy (non-hydrogen) atoms. The molecule has 2 aromatic carbocycles. The van der Waals surface area contributed by atoms with Crippen LogP contribution >= 0.6 is 11.6 Å². The Balaban J connectivity index is 1.70. The molecule has 10 heteroatoms. The fraction of sp³-hybridized carbons (Fsp3) is 0.261. The van der Waals surface area contributed by atoms with E-state index in [0.717, 1.165) is 5.56 Å². The van der Waals surface area contributed by atoms with Crippen molar-refractivity contribution in [3.63, 3.8) is 0 Å². The maximum absolute atomic E-state index is 13.0. The Bertz CT molecular complexity index is 1050. The topological polar surface area (TPSA) is 117 Å². The predicted octanol–water partition coefficient (Wildman–Crippen LogP) is 2.87. The van der Waals surface area contributed by atoms with Crippen molar-refractivity contribution in [2.24, 2.45) is 0 Å². The van der Waals surface area contributed by atoms with Gasteiger partial charge in [0, 0.05) is 25.4 Å². The zero-order valence-corrected chi connectivity index (χ0v) is 18.4. The Labute approximate surface area is 195 Å². The summed E-state index contributed by atoms with van der Waals surface area (Å²) in [7, 11) is 0. The molecule has 0 saturated carbocycles. The van der Waals surface area contributed by atoms with Crippen LogP contribution in [0.1, 0.15) is 27.4 Å². The van der Waals surface area contributed by atoms with Crippen LogP contribution in [0.3, 0.4) is 0 Å². The number of hydrogen-bond donors (Lipinski definition) is 4. The summed E-state index contributed by atoms with van der Waals surface area (Å²) >= 11 is 5.78. The summed E-state index contributed by atoms with van der Waals surface area (Å²) in [5.41, 5.74) is 1.24. The molecule has 4 N–H and O–H groups in total. The number of rotatable bonds is 11. The second kappa shape index (κ2) is 12.1. The second-order valence-corrected chi connectivity index (χ2v) is 7.48. The largest absolute Gasteiger partial charge is 0.501 e. The number of aromatic nitrogens is 2. The molecule has 8 nitrogen and oxygen atoms in total. The lowest BCUT2D eigenvalue weighted by Crippen LogP contribution is -2.36. The fourth-order valence-corrected chi connectivity index (χ4v) is 3.06. The number of halogens is 2. The normalized spacial score (nSPS) is 11.8. The molecule has 0 bridgehead atoms. The third-order valence-electron chi connectivity index (χ3n) is 4.62. The molecule has 3 rings (SSSR count). The average Bonchev–Trinajstić information content (AvgIpc) is 2.83. The SMILES string of the molecule is O=C(NCc1ccc(F)cc1)c1nc(CC(NCCCl)OCc2ccccc2)nc(O)c1O. The van der Waals surface area contributed by atoms with Crippen LogP contribution in [-0.4, -0.2) is 44.7 Å². The molecule has 174 valence electrons. The Hall–Kier alpha value is -3.27. The zero-order valence-electron chi connectivity index (χ0n) is 17.7. The lowest BCUT2D eigenvalue weighted by atomic mass is 10.2. The van der Waals surface area contributed by atoms with Gasteiger partial charge in [-0.3, -0.25) is 10.1 Å². The number of carbonyl (C=O) groups excluding carboxylic acids is 1. The maximum Gasteiger partial charge on any atom is 0.274 e. The summed E-state index contributed by atoms with van der Waals surface area (Å²) in [6.45, 7) is 0.852. The van der Waals surface area contributed by atoms with Crippen molar-refractivity contribution in [2.75, 3.05) is 12.4 Å². The summed E-state index contributed by atoms with van der Waals surface area (Å²) in [4.78, 5) is 20.6. The van der Waals surface area contributed by atoms with Crippen molar-refractivity contribution >= 4 is 17.5 Å². The molecule has 0 fully saturated rings. The molecule has 1 aromatic heterocycles. The molecule has 1 atom stereocenters. The third-order valence-corrected chi connectivity index (χ3v) is 4.81. The van der Waals surface area contributed by atoms with E-state index in [0.29, 0.717) is 24.6 Å². The number of ether oxygens (including phenoxy) is 1. The first-order valence-corrected chi connectivity index (χ1v) is 10.8. The molecule has 1 amide bonds. The molecule has 0 aliphatic heterocycles. The molecular weight excluding hydrogens is 451 g/mol. The Kier molecular flexibility index (Phi) is 8.94. The number of hydrogen-bond acceptors (Lipinski definition) is 7. The van der Waals surface area contributed by atoms with Gasteiger partial charge >= 0.3 is 0 Å². The number of benzene rings is 2. The summed E-state index contributed by atoms with van der Waals surface area (Å²) in [5, 5.41) is 25.8. The number of nitrogens with one attached hydrogen (secondary N) is 2. The lowest BCUT2D eigenvalue weighted by molar-refractivity contribution is 0.0180. The van der Waals surface area contributed by atoms with Gasteiger partial charge in [-0.05, 0) is 23.3 Å². The van der Waals surface area contributed by atoms with Gasteiger partial charge in [0.05, 0.1) is 6.61 Å². The van der Waals surface area contributed by atoms with Crippen LogP contribution in [-0.2, 0) is 24.3 Å². The van der Waals surface area contributed by atoms with E-state index in [9.17, 15) is 19.4 Å². The summed E-state index contributed by atoms with van der Waals surface area (Å²) in [6.07, 6.45) is -0.446. The van der Waals surface area contributed by atoms with E-state index in [2.05, 4.69) is 20.6 Å². The quantitative estimate of drug-likeness (QED) is 0.249. The molecule has 1 unspecified atom stereocenters. The number of nitrogens with zero attached hydrogens (tertiary/aromatic N) is 2. The van der Waals surface area contributed by atoms with Gasteiger partial charge in [-0.25, -0.2) is 9.37 Å². The third kappa shape index (κ3) is 7.38. The van der Waals surface area contributed by atoms with Gasteiger partial charge in [-0.1, -0.05) is 42.5 Å². The smallest absolute Gasteiger partial charge is 0.274 e. The average molecular weight is 475 g/mol. The lowest BCUT2D eigenvalue weighted by Gasteiger charge is -2.19. The first-order chi connectivity index (χ1) is 16.0. The van der Waals surface area contributed by atoms with Crippen LogP contribution in [0.5, 0.6) is 11.6 Å². The molecule has 0 spiro atoms. The van der Waals surface area contributed by atoms with E-state index < -0.39 is 23.8 Å². The minimum atomic E-state index is -0.731. The van der Waals surface area contributed by atoms with E-state index >= 15 is 0 Å². The van der Waals surface area contributed by atoms with Crippen molar-refractivity contribution in [3.05, 3.63) is 83.1 Å². The minimum Gasteiger partial charge on any atom is -0.501 e. The first kappa shape index (κ1) is 24.4. The standard InChI is InChI=1S/C23H24ClFN4O4/c24-10-11-26-19(33-14-16-4-2-1-3-5-16)12-18-28-20(21(30)23(32)29-18)22(31)27-13-15-6-8-17(25)9-7-15/h1-9,19,26,30H,10-14H2,(H,27,31)(H,28,29,32). The van der Waals surface area contributed by atoms with E-state index in [1.807, 2.05) is 30.3 Å². The molecule has 0 radical (unpaired) electrons. The van der Waals surface area contributed by atoms with Gasteiger partial charge in [0.1, 0.15) is 17.9 Å². The number of carbonyl (C=O) groups is 1. The molecule has 0 aliphatic rings. The molecule has 0 saturated heterocycles. The first-order valence-electron chi connectivity index (χ1n) is 10.2. The number of alkyl halides is 1. The van der Waals surface area contributed by atoms with Gasteiger partial charge in [-0.2, -0.15) is 4.98 Å². The summed E-state index contributed by atoms with van der Waals surface area (Å²) < 4.78 is 18.9. The maximum atomic E-state index is 13.0. The van der Waals surface area contributed by atoms with E-state index in [-0.39, 0.29) is 30.3 Å². The van der Waals surface area contributed by atoms with E-state index in [1.165, 1.54) is 24.3 Å². The highest BCUT2D eigenvalue weighted by Gasteiger charge is 2.21. The molecular formula is C23H24ClFN4O4. The summed E-state index contributed by atoms with van der Waals surface area (Å²) in [6, 6.07) is 15.1. The Morgan fingerprint density at radius 2 is 1.79 bits per heavy atom. The number of aromatic hydroxyl groups is 2. The monoisotopic (exact) mass is 474 g/mol.